The van der Waals surface area contributed by atoms with Gasteiger partial charge in [-0.25, -0.2) is 0 Å². The molecule has 2 aromatic carbocycles. The SMILES string of the molecule is O=C(CNC(=O)c1ccccc1)NC1CCN(Cc2ccccc2)C1. The molecule has 2 N–H and O–H groups in total. The van der Waals surface area contributed by atoms with Crippen molar-refractivity contribution in [1.82, 2.24) is 15.5 Å². The van der Waals surface area contributed by atoms with Crippen LogP contribution >= 0.6 is 0 Å². The van der Waals surface area contributed by atoms with E-state index in [2.05, 4.69) is 27.7 Å². The number of benzene rings is 2. The molecule has 2 amide bonds. The van der Waals surface area contributed by atoms with Gasteiger partial charge in [-0.1, -0.05) is 48.5 Å². The van der Waals surface area contributed by atoms with Crippen LogP contribution in [0.5, 0.6) is 0 Å². The zero-order valence-electron chi connectivity index (χ0n) is 14.2. The quantitative estimate of drug-likeness (QED) is 0.845. The first kappa shape index (κ1) is 17.2. The maximum Gasteiger partial charge on any atom is 0.251 e. The lowest BCUT2D eigenvalue weighted by Gasteiger charge is -2.17. The van der Waals surface area contributed by atoms with E-state index in [0.717, 1.165) is 26.1 Å². The van der Waals surface area contributed by atoms with E-state index in [1.807, 2.05) is 24.3 Å². The molecule has 1 unspecified atom stereocenters. The predicted molar refractivity (Wildman–Crippen MR) is 97.0 cm³/mol. The van der Waals surface area contributed by atoms with Crippen LogP contribution < -0.4 is 10.6 Å². The molecule has 130 valence electrons. The molecule has 1 fully saturated rings. The Hall–Kier alpha value is -2.66. The summed E-state index contributed by atoms with van der Waals surface area (Å²) in [4.78, 5) is 26.3. The van der Waals surface area contributed by atoms with E-state index in [9.17, 15) is 9.59 Å². The van der Waals surface area contributed by atoms with Crippen LogP contribution in [0.3, 0.4) is 0 Å². The van der Waals surface area contributed by atoms with Gasteiger partial charge in [0, 0.05) is 31.2 Å². The van der Waals surface area contributed by atoms with Crippen LogP contribution in [0, 0.1) is 0 Å². The normalized spacial score (nSPS) is 17.2. The maximum atomic E-state index is 12.1. The van der Waals surface area contributed by atoms with Crippen LogP contribution in [0.15, 0.2) is 60.7 Å². The number of carbonyl (C=O) groups is 2. The Morgan fingerprint density at radius 3 is 2.40 bits per heavy atom. The molecule has 0 aromatic heterocycles. The summed E-state index contributed by atoms with van der Waals surface area (Å²) in [7, 11) is 0. The van der Waals surface area contributed by atoms with Crippen molar-refractivity contribution in [3.05, 3.63) is 71.8 Å². The molecule has 0 saturated carbocycles. The van der Waals surface area contributed by atoms with Gasteiger partial charge in [-0.05, 0) is 24.1 Å². The standard InChI is InChI=1S/C20H23N3O2/c24-19(13-21-20(25)17-9-5-2-6-10-17)22-18-11-12-23(15-18)14-16-7-3-1-4-8-16/h1-10,18H,11-15H2,(H,21,25)(H,22,24). The van der Waals surface area contributed by atoms with E-state index in [4.69, 9.17) is 0 Å². The van der Waals surface area contributed by atoms with Gasteiger partial charge in [0.05, 0.1) is 6.54 Å². The minimum atomic E-state index is -0.229. The highest BCUT2D eigenvalue weighted by atomic mass is 16.2. The molecule has 5 heteroatoms. The van der Waals surface area contributed by atoms with Crippen molar-refractivity contribution >= 4 is 11.8 Å². The van der Waals surface area contributed by atoms with Crippen molar-refractivity contribution in [2.75, 3.05) is 19.6 Å². The van der Waals surface area contributed by atoms with Crippen molar-refractivity contribution in [2.24, 2.45) is 0 Å². The average molecular weight is 337 g/mol. The van der Waals surface area contributed by atoms with Gasteiger partial charge in [0.1, 0.15) is 0 Å². The molecule has 1 aliphatic rings. The molecule has 1 atom stereocenters. The Labute approximate surface area is 148 Å². The Morgan fingerprint density at radius 2 is 1.68 bits per heavy atom. The lowest BCUT2D eigenvalue weighted by molar-refractivity contribution is -0.120. The number of rotatable bonds is 6. The van der Waals surface area contributed by atoms with Crippen LogP contribution in [-0.2, 0) is 11.3 Å². The molecule has 0 radical (unpaired) electrons. The summed E-state index contributed by atoms with van der Waals surface area (Å²) in [5, 5.41) is 5.67. The Balaban J connectivity index is 1.39. The summed E-state index contributed by atoms with van der Waals surface area (Å²) in [6.45, 7) is 2.71. The number of amides is 2. The van der Waals surface area contributed by atoms with Crippen LogP contribution in [-0.4, -0.2) is 42.4 Å². The van der Waals surface area contributed by atoms with Crippen LogP contribution in [0.2, 0.25) is 0 Å². The summed E-state index contributed by atoms with van der Waals surface area (Å²) in [6.07, 6.45) is 0.936. The largest absolute Gasteiger partial charge is 0.350 e. The van der Waals surface area contributed by atoms with Gasteiger partial charge in [0.2, 0.25) is 5.91 Å². The summed E-state index contributed by atoms with van der Waals surface area (Å²) >= 11 is 0. The molecule has 25 heavy (non-hydrogen) atoms. The Bertz CT molecular complexity index is 703. The number of likely N-dealkylation sites (tertiary alicyclic amines) is 1. The minimum Gasteiger partial charge on any atom is -0.350 e. The molecule has 0 aliphatic carbocycles. The smallest absolute Gasteiger partial charge is 0.251 e. The van der Waals surface area contributed by atoms with Gasteiger partial charge in [0.15, 0.2) is 0 Å². The van der Waals surface area contributed by atoms with Gasteiger partial charge in [-0.3, -0.25) is 14.5 Å². The number of nitrogens with zero attached hydrogens (tertiary/aromatic N) is 1. The molecule has 5 nitrogen and oxygen atoms in total. The lowest BCUT2D eigenvalue weighted by Crippen LogP contribution is -2.43. The molecule has 3 rings (SSSR count). The summed E-state index contributed by atoms with van der Waals surface area (Å²) in [6, 6.07) is 19.4. The molecular formula is C20H23N3O2. The van der Waals surface area contributed by atoms with Crippen molar-refractivity contribution in [3.63, 3.8) is 0 Å². The van der Waals surface area contributed by atoms with Crippen LogP contribution in [0.4, 0.5) is 0 Å². The molecule has 0 bridgehead atoms. The van der Waals surface area contributed by atoms with Gasteiger partial charge in [-0.2, -0.15) is 0 Å². The van der Waals surface area contributed by atoms with Gasteiger partial charge in [0.25, 0.3) is 5.91 Å². The molecular weight excluding hydrogens is 314 g/mol. The second-order valence-corrected chi connectivity index (χ2v) is 6.32. The number of hydrogen-bond acceptors (Lipinski definition) is 3. The third-order valence-corrected chi connectivity index (χ3v) is 4.33. The first-order valence-corrected chi connectivity index (χ1v) is 8.59. The molecule has 1 saturated heterocycles. The second kappa shape index (κ2) is 8.44. The van der Waals surface area contributed by atoms with Crippen LogP contribution in [0.1, 0.15) is 22.3 Å². The van der Waals surface area contributed by atoms with E-state index in [-0.39, 0.29) is 24.4 Å². The van der Waals surface area contributed by atoms with E-state index in [0.29, 0.717) is 5.56 Å². The second-order valence-electron chi connectivity index (χ2n) is 6.32. The Kier molecular flexibility index (Phi) is 5.80. The Morgan fingerprint density at radius 1 is 1.00 bits per heavy atom. The minimum absolute atomic E-state index is 0.00289. The maximum absolute atomic E-state index is 12.1. The highest BCUT2D eigenvalue weighted by Gasteiger charge is 2.23. The third kappa shape index (κ3) is 5.16. The van der Waals surface area contributed by atoms with Crippen LogP contribution in [0.25, 0.3) is 0 Å². The van der Waals surface area contributed by atoms with Crippen molar-refractivity contribution in [3.8, 4) is 0 Å². The predicted octanol–water partition coefficient (Wildman–Crippen LogP) is 1.81. The lowest BCUT2D eigenvalue weighted by atomic mass is 10.2. The molecule has 1 aliphatic heterocycles. The monoisotopic (exact) mass is 337 g/mol. The fourth-order valence-electron chi connectivity index (χ4n) is 3.07. The summed E-state index contributed by atoms with van der Waals surface area (Å²) < 4.78 is 0. The van der Waals surface area contributed by atoms with Gasteiger partial charge >= 0.3 is 0 Å². The molecule has 2 aromatic rings. The van der Waals surface area contributed by atoms with Crippen molar-refractivity contribution in [2.45, 2.75) is 19.0 Å². The van der Waals surface area contributed by atoms with Gasteiger partial charge in [-0.15, -0.1) is 0 Å². The highest BCUT2D eigenvalue weighted by molar-refractivity contribution is 5.96. The zero-order chi connectivity index (χ0) is 17.5. The fourth-order valence-corrected chi connectivity index (χ4v) is 3.07. The summed E-state index contributed by atoms with van der Waals surface area (Å²) in [5.41, 5.74) is 1.84. The zero-order valence-corrected chi connectivity index (χ0v) is 14.2. The molecule has 0 spiro atoms. The first-order valence-electron chi connectivity index (χ1n) is 8.59. The van der Waals surface area contributed by atoms with Gasteiger partial charge < -0.3 is 10.6 Å². The number of hydrogen-bond donors (Lipinski definition) is 2. The first-order chi connectivity index (χ1) is 12.2. The summed E-state index contributed by atoms with van der Waals surface area (Å²) in [5.74, 6) is -0.372. The average Bonchev–Trinajstić information content (AvgIpc) is 3.08. The van der Waals surface area contributed by atoms with E-state index >= 15 is 0 Å². The van der Waals surface area contributed by atoms with E-state index < -0.39 is 0 Å². The van der Waals surface area contributed by atoms with E-state index in [1.165, 1.54) is 5.56 Å². The highest BCUT2D eigenvalue weighted by Crippen LogP contribution is 2.13. The number of carbonyl (C=O) groups excluding carboxylic acids is 2. The van der Waals surface area contributed by atoms with Crippen molar-refractivity contribution in [1.29, 1.82) is 0 Å². The number of nitrogens with one attached hydrogen (secondary N) is 2. The topological polar surface area (TPSA) is 61.4 Å². The third-order valence-electron chi connectivity index (χ3n) is 4.33. The fraction of sp³-hybridized carbons (Fsp3) is 0.300. The van der Waals surface area contributed by atoms with E-state index in [1.54, 1.807) is 24.3 Å². The van der Waals surface area contributed by atoms with Crippen molar-refractivity contribution < 1.29 is 9.59 Å². The molecule has 1 heterocycles.